The van der Waals surface area contributed by atoms with Crippen LogP contribution < -0.4 is 14.8 Å². The van der Waals surface area contributed by atoms with Crippen LogP contribution in [-0.4, -0.2) is 71.6 Å². The first-order valence-corrected chi connectivity index (χ1v) is 10.9. The van der Waals surface area contributed by atoms with Crippen molar-refractivity contribution < 1.29 is 14.3 Å². The number of methoxy groups -OCH3 is 1. The minimum Gasteiger partial charge on any atom is -0.493 e. The number of rotatable bonds is 1. The lowest BCUT2D eigenvalue weighted by Gasteiger charge is -2.22. The number of carbonyl (C=O) groups is 1. The van der Waals surface area contributed by atoms with E-state index in [1.807, 2.05) is 31.4 Å². The molecule has 2 bridgehead atoms. The minimum absolute atomic E-state index is 0.158. The van der Waals surface area contributed by atoms with E-state index in [1.165, 1.54) is 0 Å². The van der Waals surface area contributed by atoms with Gasteiger partial charge in [-0.05, 0) is 37.6 Å². The minimum atomic E-state index is 0.158. The summed E-state index contributed by atoms with van der Waals surface area (Å²) in [7, 11) is 5.54. The van der Waals surface area contributed by atoms with Crippen molar-refractivity contribution in [1.29, 1.82) is 0 Å². The van der Waals surface area contributed by atoms with E-state index in [9.17, 15) is 4.79 Å². The van der Waals surface area contributed by atoms with Crippen LogP contribution in [0, 0.1) is 0 Å². The van der Waals surface area contributed by atoms with Crippen LogP contribution in [0.1, 0.15) is 24.8 Å². The van der Waals surface area contributed by atoms with E-state index in [0.717, 1.165) is 47.5 Å². The molecule has 3 aromatic rings. The number of amides is 1. The van der Waals surface area contributed by atoms with Crippen LogP contribution in [-0.2, 0) is 11.3 Å². The van der Waals surface area contributed by atoms with Gasteiger partial charge in [-0.1, -0.05) is 0 Å². The van der Waals surface area contributed by atoms with Gasteiger partial charge in [0, 0.05) is 51.1 Å². The van der Waals surface area contributed by atoms with Gasteiger partial charge < -0.3 is 29.6 Å². The quantitative estimate of drug-likeness (QED) is 0.602. The molecule has 0 spiro atoms. The molecule has 0 saturated carbocycles. The predicted molar refractivity (Wildman–Crippen MR) is 123 cm³/mol. The Hall–Kier alpha value is -3.33. The molecule has 170 valence electrons. The lowest BCUT2D eigenvalue weighted by Crippen LogP contribution is -2.34. The van der Waals surface area contributed by atoms with Crippen molar-refractivity contribution in [3.63, 3.8) is 0 Å². The van der Waals surface area contributed by atoms with E-state index >= 15 is 0 Å². The summed E-state index contributed by atoms with van der Waals surface area (Å²) in [5.74, 6) is 2.20. The highest BCUT2D eigenvalue weighted by Gasteiger charge is 2.16. The number of anilines is 2. The Morgan fingerprint density at radius 3 is 2.88 bits per heavy atom. The Bertz CT molecular complexity index is 1080. The highest BCUT2D eigenvalue weighted by molar-refractivity contribution is 5.92. The fraction of sp³-hybridized carbons (Fsp3) is 0.435. The van der Waals surface area contributed by atoms with Crippen molar-refractivity contribution in [3.05, 3.63) is 36.3 Å². The zero-order valence-corrected chi connectivity index (χ0v) is 18.9. The molecule has 9 nitrogen and oxygen atoms in total. The molecule has 0 aliphatic carbocycles. The van der Waals surface area contributed by atoms with E-state index < -0.39 is 0 Å². The molecule has 2 aromatic heterocycles. The predicted octanol–water partition coefficient (Wildman–Crippen LogP) is 3.16. The summed E-state index contributed by atoms with van der Waals surface area (Å²) in [4.78, 5) is 28.6. The van der Waals surface area contributed by atoms with Crippen molar-refractivity contribution >= 4 is 28.4 Å². The third-order valence-electron chi connectivity index (χ3n) is 5.70. The van der Waals surface area contributed by atoms with Gasteiger partial charge in [0.2, 0.25) is 5.91 Å². The molecule has 4 rings (SSSR count). The van der Waals surface area contributed by atoms with Crippen LogP contribution in [0.25, 0.3) is 11.0 Å². The summed E-state index contributed by atoms with van der Waals surface area (Å²) in [6.45, 7) is 2.67. The van der Waals surface area contributed by atoms with Crippen molar-refractivity contribution in [2.75, 3.05) is 46.2 Å². The maximum Gasteiger partial charge on any atom is 0.222 e. The summed E-state index contributed by atoms with van der Waals surface area (Å²) < 4.78 is 11.4. The van der Waals surface area contributed by atoms with Crippen molar-refractivity contribution in [1.82, 2.24) is 24.8 Å². The number of ether oxygens (including phenoxy) is 2. The number of fused-ring (bicyclic) bond motifs is 2. The van der Waals surface area contributed by atoms with Crippen LogP contribution in [0.4, 0.5) is 11.5 Å². The molecule has 9 heteroatoms. The highest BCUT2D eigenvalue weighted by atomic mass is 16.5. The number of carbonyl (C=O) groups excluding carboxylic acids is 1. The fourth-order valence-electron chi connectivity index (χ4n) is 3.82. The Morgan fingerprint density at radius 2 is 2.03 bits per heavy atom. The van der Waals surface area contributed by atoms with Gasteiger partial charge in [-0.25, -0.2) is 9.97 Å². The van der Waals surface area contributed by atoms with Gasteiger partial charge in [0.1, 0.15) is 17.8 Å². The first-order valence-electron chi connectivity index (χ1n) is 10.9. The normalized spacial score (nSPS) is 16.7. The maximum atomic E-state index is 12.4. The molecule has 0 fully saturated rings. The molecule has 32 heavy (non-hydrogen) atoms. The highest BCUT2D eigenvalue weighted by Crippen LogP contribution is 2.33. The molecular weight excluding hydrogens is 408 g/mol. The monoisotopic (exact) mass is 438 g/mol. The molecule has 3 heterocycles. The summed E-state index contributed by atoms with van der Waals surface area (Å²) in [6.07, 6.45) is 5.61. The third-order valence-corrected chi connectivity index (χ3v) is 5.70. The SMILES string of the molecule is COc1ccc2cc1OCCCCC(=O)N(C)CCN(C)Cc1c[nH]c3ncnc(c13)N2. The van der Waals surface area contributed by atoms with E-state index in [0.29, 0.717) is 37.6 Å². The third kappa shape index (κ3) is 4.94. The second kappa shape index (κ2) is 9.86. The van der Waals surface area contributed by atoms with Crippen LogP contribution >= 0.6 is 0 Å². The first kappa shape index (κ1) is 21.9. The number of nitrogens with one attached hydrogen (secondary N) is 2. The number of H-pyrrole nitrogens is 1. The van der Waals surface area contributed by atoms with E-state index in [2.05, 4.69) is 32.2 Å². The molecule has 0 atom stereocenters. The van der Waals surface area contributed by atoms with Gasteiger partial charge in [-0.2, -0.15) is 0 Å². The topological polar surface area (TPSA) is 95.6 Å². The van der Waals surface area contributed by atoms with Crippen molar-refractivity contribution in [2.45, 2.75) is 25.8 Å². The van der Waals surface area contributed by atoms with E-state index in [-0.39, 0.29) is 5.91 Å². The van der Waals surface area contributed by atoms with Crippen LogP contribution in [0.15, 0.2) is 30.7 Å². The van der Waals surface area contributed by atoms with Gasteiger partial charge >= 0.3 is 0 Å². The molecule has 0 radical (unpaired) electrons. The second-order valence-electron chi connectivity index (χ2n) is 8.11. The van der Waals surface area contributed by atoms with Gasteiger partial charge in [0.05, 0.1) is 19.1 Å². The smallest absolute Gasteiger partial charge is 0.222 e. The maximum absolute atomic E-state index is 12.4. The summed E-state index contributed by atoms with van der Waals surface area (Å²) in [5, 5.41) is 4.37. The van der Waals surface area contributed by atoms with E-state index in [1.54, 1.807) is 18.3 Å². The number of hydrogen-bond acceptors (Lipinski definition) is 7. The zero-order valence-electron chi connectivity index (χ0n) is 18.9. The fourth-order valence-corrected chi connectivity index (χ4v) is 3.82. The lowest BCUT2D eigenvalue weighted by molar-refractivity contribution is -0.130. The number of hydrogen-bond donors (Lipinski definition) is 2. The molecule has 1 aromatic carbocycles. The average molecular weight is 439 g/mol. The first-order chi connectivity index (χ1) is 15.5. The van der Waals surface area contributed by atoms with Crippen LogP contribution in [0.5, 0.6) is 11.5 Å². The largest absolute Gasteiger partial charge is 0.493 e. The average Bonchev–Trinajstić information content (AvgIpc) is 3.20. The number of likely N-dealkylation sites (N-methyl/N-ethyl adjacent to an activating group) is 2. The van der Waals surface area contributed by atoms with Crippen molar-refractivity contribution in [3.8, 4) is 11.5 Å². The summed E-state index contributed by atoms with van der Waals surface area (Å²) in [6, 6.07) is 5.72. The Morgan fingerprint density at radius 1 is 1.16 bits per heavy atom. The number of nitrogens with zero attached hydrogens (tertiary/aromatic N) is 4. The van der Waals surface area contributed by atoms with E-state index in [4.69, 9.17) is 9.47 Å². The second-order valence-corrected chi connectivity index (χ2v) is 8.11. The van der Waals surface area contributed by atoms with Crippen LogP contribution in [0.2, 0.25) is 0 Å². The molecule has 2 N–H and O–H groups in total. The van der Waals surface area contributed by atoms with Gasteiger partial charge in [-0.3, -0.25) is 4.79 Å². The molecule has 1 amide bonds. The van der Waals surface area contributed by atoms with Gasteiger partial charge in [0.15, 0.2) is 11.5 Å². The van der Waals surface area contributed by atoms with Crippen molar-refractivity contribution in [2.24, 2.45) is 0 Å². The molecule has 0 unspecified atom stereocenters. The molecule has 1 aliphatic rings. The standard InChI is InChI=1S/C23H30N6O3/c1-28-9-10-29(2)20(30)6-4-5-11-32-19-12-17(7-8-18(19)31-3)27-23-21-16(14-28)13-24-22(21)25-15-26-23/h7-8,12-13,15H,4-6,9-11,14H2,1-3H3,(H2,24,25,26,27). The molecule has 0 saturated heterocycles. The number of benzene rings is 1. The number of aromatic amines is 1. The van der Waals surface area contributed by atoms with Gasteiger partial charge in [0.25, 0.3) is 0 Å². The Kier molecular flexibility index (Phi) is 6.75. The zero-order chi connectivity index (χ0) is 22.5. The number of aromatic nitrogens is 3. The Balaban J connectivity index is 1.68. The lowest BCUT2D eigenvalue weighted by atomic mass is 10.2. The summed E-state index contributed by atoms with van der Waals surface area (Å²) in [5.41, 5.74) is 2.71. The summed E-state index contributed by atoms with van der Waals surface area (Å²) >= 11 is 0. The molecular formula is C23H30N6O3. The van der Waals surface area contributed by atoms with Crippen LogP contribution in [0.3, 0.4) is 0 Å². The van der Waals surface area contributed by atoms with Gasteiger partial charge in [-0.15, -0.1) is 0 Å². The molecule has 1 aliphatic heterocycles. The Labute approximate surface area is 187 Å².